The van der Waals surface area contributed by atoms with Gasteiger partial charge in [0.25, 0.3) is 11.8 Å². The van der Waals surface area contributed by atoms with Crippen molar-refractivity contribution in [1.29, 1.82) is 0 Å². The quantitative estimate of drug-likeness (QED) is 0.128. The second-order valence-electron chi connectivity index (χ2n) is 9.86. The number of carbonyl (C=O) groups is 2. The van der Waals surface area contributed by atoms with Gasteiger partial charge in [-0.1, -0.05) is 48.0 Å². The highest BCUT2D eigenvalue weighted by molar-refractivity contribution is 5.95. The van der Waals surface area contributed by atoms with Crippen molar-refractivity contribution in [2.45, 2.75) is 34.3 Å². The highest BCUT2D eigenvalue weighted by atomic mass is 16.5. The molecule has 4 aromatic carbocycles. The van der Waals surface area contributed by atoms with Crippen molar-refractivity contribution >= 4 is 23.7 Å². The lowest BCUT2D eigenvalue weighted by molar-refractivity contribution is -0.118. The zero-order valence-corrected chi connectivity index (χ0v) is 25.4. The van der Waals surface area contributed by atoms with E-state index >= 15 is 0 Å². The average molecular weight is 596 g/mol. The zero-order chi connectivity index (χ0) is 31.3. The van der Waals surface area contributed by atoms with Gasteiger partial charge >= 0.3 is 0 Å². The number of hydrogen-bond donors (Lipinski definition) is 2. The molecular formula is C35H37N3O6. The molecule has 0 aromatic heterocycles. The summed E-state index contributed by atoms with van der Waals surface area (Å²) in [6, 6.07) is 25.8. The third kappa shape index (κ3) is 9.09. The highest BCUT2D eigenvalue weighted by Crippen LogP contribution is 2.30. The molecule has 0 aliphatic carbocycles. The summed E-state index contributed by atoms with van der Waals surface area (Å²) >= 11 is 0. The zero-order valence-electron chi connectivity index (χ0n) is 25.4. The second kappa shape index (κ2) is 15.8. The van der Waals surface area contributed by atoms with Crippen LogP contribution in [0.3, 0.4) is 0 Å². The maximum atomic E-state index is 12.8. The molecule has 4 rings (SSSR count). The van der Waals surface area contributed by atoms with Crippen molar-refractivity contribution in [3.05, 3.63) is 113 Å². The monoisotopic (exact) mass is 595 g/mol. The molecule has 9 nitrogen and oxygen atoms in total. The van der Waals surface area contributed by atoms with Crippen LogP contribution in [0.5, 0.6) is 23.0 Å². The van der Waals surface area contributed by atoms with Crippen molar-refractivity contribution in [3.8, 4) is 23.0 Å². The van der Waals surface area contributed by atoms with E-state index in [2.05, 4.69) is 15.8 Å². The molecule has 0 fully saturated rings. The smallest absolute Gasteiger partial charge is 0.271 e. The molecule has 9 heteroatoms. The number of carbonyl (C=O) groups excluding carboxylic acids is 2. The van der Waals surface area contributed by atoms with Gasteiger partial charge in [-0.25, -0.2) is 5.43 Å². The van der Waals surface area contributed by atoms with E-state index in [1.807, 2.05) is 76.2 Å². The van der Waals surface area contributed by atoms with Crippen LogP contribution in [-0.4, -0.2) is 37.8 Å². The van der Waals surface area contributed by atoms with Crippen LogP contribution in [-0.2, 0) is 11.4 Å². The Balaban J connectivity index is 1.35. The number of amides is 2. The van der Waals surface area contributed by atoms with Crippen molar-refractivity contribution in [2.24, 2.45) is 5.10 Å². The molecular weight excluding hydrogens is 558 g/mol. The number of anilines is 1. The molecule has 0 atom stereocenters. The van der Waals surface area contributed by atoms with E-state index in [1.165, 1.54) is 6.21 Å². The van der Waals surface area contributed by atoms with Gasteiger partial charge in [0.1, 0.15) is 6.61 Å². The Hall–Kier alpha value is -5.31. The lowest BCUT2D eigenvalue weighted by Crippen LogP contribution is -2.21. The molecule has 228 valence electrons. The molecule has 0 radical (unpaired) electrons. The molecule has 0 heterocycles. The van der Waals surface area contributed by atoms with Crippen LogP contribution in [0.15, 0.2) is 90.0 Å². The first kappa shape index (κ1) is 31.6. The normalized spacial score (nSPS) is 10.7. The molecule has 0 bridgehead atoms. The predicted molar refractivity (Wildman–Crippen MR) is 171 cm³/mol. The number of hydrazone groups is 1. The maximum absolute atomic E-state index is 12.8. The molecule has 0 spiro atoms. The number of benzene rings is 4. The molecule has 2 N–H and O–H groups in total. The molecule has 0 unspecified atom stereocenters. The van der Waals surface area contributed by atoms with Crippen LogP contribution >= 0.6 is 0 Å². The van der Waals surface area contributed by atoms with Crippen LogP contribution in [0, 0.1) is 13.8 Å². The average Bonchev–Trinajstić information content (AvgIpc) is 3.02. The van der Waals surface area contributed by atoms with E-state index in [0.29, 0.717) is 53.9 Å². The van der Waals surface area contributed by atoms with Gasteiger partial charge in [0.15, 0.2) is 29.6 Å². The number of rotatable bonds is 14. The molecule has 0 saturated heterocycles. The minimum atomic E-state index is -0.406. The number of hydrogen-bond acceptors (Lipinski definition) is 7. The molecule has 0 aliphatic heterocycles. The number of nitrogens with zero attached hydrogens (tertiary/aromatic N) is 1. The van der Waals surface area contributed by atoms with E-state index in [1.54, 1.807) is 36.4 Å². The Morgan fingerprint density at radius 3 is 2.18 bits per heavy atom. The minimum absolute atomic E-state index is 0.184. The summed E-state index contributed by atoms with van der Waals surface area (Å²) in [5, 5.41) is 6.97. The number of nitrogens with one attached hydrogen (secondary N) is 2. The fourth-order valence-corrected chi connectivity index (χ4v) is 4.28. The lowest BCUT2D eigenvalue weighted by Gasteiger charge is -2.13. The molecule has 2 amide bonds. The summed E-state index contributed by atoms with van der Waals surface area (Å²) in [7, 11) is 0. The molecule has 44 heavy (non-hydrogen) atoms. The van der Waals surface area contributed by atoms with Crippen LogP contribution < -0.4 is 29.7 Å². The minimum Gasteiger partial charge on any atom is -0.490 e. The van der Waals surface area contributed by atoms with E-state index in [4.69, 9.17) is 18.9 Å². The van der Waals surface area contributed by atoms with E-state index < -0.39 is 5.91 Å². The Bertz CT molecular complexity index is 1600. The SMILES string of the molecule is CCOc1cc(/C=N/NC(=O)c2ccc(OCc3ccccc3)c(OCC)c2)ccc1OCC(=O)Nc1ccc(C)cc1C. The van der Waals surface area contributed by atoms with Gasteiger partial charge in [0.2, 0.25) is 0 Å². The van der Waals surface area contributed by atoms with Crippen molar-refractivity contribution < 1.29 is 28.5 Å². The van der Waals surface area contributed by atoms with E-state index in [0.717, 1.165) is 22.4 Å². The standard InChI is InChI=1S/C35H37N3O6/c1-5-41-32-19-27(13-16-30(32)44-23-34(39)37-29-15-12-24(3)18-25(29)4)21-36-38-35(40)28-14-17-31(33(20-28)42-6-2)43-22-26-10-8-7-9-11-26/h7-21H,5-6,22-23H2,1-4H3,(H,37,39)(H,38,40)/b36-21+. The number of aryl methyl sites for hydroxylation is 2. The van der Waals surface area contributed by atoms with Crippen LogP contribution in [0.1, 0.15) is 46.5 Å². The van der Waals surface area contributed by atoms with Gasteiger partial charge in [-0.05, 0) is 86.8 Å². The maximum Gasteiger partial charge on any atom is 0.271 e. The van der Waals surface area contributed by atoms with Gasteiger partial charge in [-0.15, -0.1) is 0 Å². The summed E-state index contributed by atoms with van der Waals surface area (Å²) < 4.78 is 23.1. The van der Waals surface area contributed by atoms with Crippen molar-refractivity contribution in [2.75, 3.05) is 25.1 Å². The van der Waals surface area contributed by atoms with Gasteiger partial charge in [-0.2, -0.15) is 5.10 Å². The third-order valence-corrected chi connectivity index (χ3v) is 6.40. The Morgan fingerprint density at radius 1 is 0.750 bits per heavy atom. The first-order valence-corrected chi connectivity index (χ1v) is 14.4. The summed E-state index contributed by atoms with van der Waals surface area (Å²) in [5.74, 6) is 1.20. The Kier molecular flexibility index (Phi) is 11.3. The van der Waals surface area contributed by atoms with Crippen LogP contribution in [0.4, 0.5) is 5.69 Å². The topological polar surface area (TPSA) is 107 Å². The number of ether oxygens (including phenoxy) is 4. The first-order valence-electron chi connectivity index (χ1n) is 14.4. The predicted octanol–water partition coefficient (Wildman–Crippen LogP) is 6.46. The summed E-state index contributed by atoms with van der Waals surface area (Å²) in [6.45, 7) is 8.68. The Morgan fingerprint density at radius 2 is 1.45 bits per heavy atom. The van der Waals surface area contributed by atoms with Crippen molar-refractivity contribution in [1.82, 2.24) is 5.43 Å². The van der Waals surface area contributed by atoms with Crippen molar-refractivity contribution in [3.63, 3.8) is 0 Å². The van der Waals surface area contributed by atoms with Gasteiger partial charge in [0, 0.05) is 11.3 Å². The largest absolute Gasteiger partial charge is 0.490 e. The fourth-order valence-electron chi connectivity index (χ4n) is 4.28. The van der Waals surface area contributed by atoms with Gasteiger partial charge < -0.3 is 24.3 Å². The molecule has 0 saturated carbocycles. The van der Waals surface area contributed by atoms with Crippen LogP contribution in [0.25, 0.3) is 0 Å². The Labute approximate surface area is 257 Å². The van der Waals surface area contributed by atoms with Gasteiger partial charge in [0.05, 0.1) is 19.4 Å². The first-order chi connectivity index (χ1) is 21.4. The summed E-state index contributed by atoms with van der Waals surface area (Å²) in [6.07, 6.45) is 1.50. The summed E-state index contributed by atoms with van der Waals surface area (Å²) in [5.41, 5.74) is 7.44. The fraction of sp³-hybridized carbons (Fsp3) is 0.229. The lowest BCUT2D eigenvalue weighted by atomic mass is 10.1. The molecule has 0 aliphatic rings. The van der Waals surface area contributed by atoms with E-state index in [9.17, 15) is 9.59 Å². The van der Waals surface area contributed by atoms with E-state index in [-0.39, 0.29) is 12.5 Å². The highest BCUT2D eigenvalue weighted by Gasteiger charge is 2.13. The second-order valence-corrected chi connectivity index (χ2v) is 9.86. The third-order valence-electron chi connectivity index (χ3n) is 6.40. The van der Waals surface area contributed by atoms with Crippen LogP contribution in [0.2, 0.25) is 0 Å². The molecule has 4 aromatic rings. The van der Waals surface area contributed by atoms with Gasteiger partial charge in [-0.3, -0.25) is 9.59 Å². The summed E-state index contributed by atoms with van der Waals surface area (Å²) in [4.78, 5) is 25.3.